The summed E-state index contributed by atoms with van der Waals surface area (Å²) in [6.45, 7) is 18.5. The van der Waals surface area contributed by atoms with Crippen molar-refractivity contribution in [3.8, 4) is 0 Å². The largest absolute Gasteiger partial charge is 0.465 e. The predicted molar refractivity (Wildman–Crippen MR) is 175 cm³/mol. The van der Waals surface area contributed by atoms with E-state index in [0.29, 0.717) is 17.4 Å². The molecule has 0 atom stereocenters. The highest BCUT2D eigenvalue weighted by molar-refractivity contribution is 5.91. The molecule has 0 spiro atoms. The summed E-state index contributed by atoms with van der Waals surface area (Å²) in [6.07, 6.45) is 4.89. The Labute approximate surface area is 257 Å². The van der Waals surface area contributed by atoms with E-state index in [1.165, 1.54) is 39.5 Å². The molecule has 0 bridgehead atoms. The van der Waals surface area contributed by atoms with E-state index in [9.17, 15) is 9.59 Å². The number of anilines is 2. The number of carbonyl (C=O) groups excluding carboxylic acids is 2. The number of hydrogen-bond donors (Lipinski definition) is 1. The second-order valence-electron chi connectivity index (χ2n) is 13.4. The molecule has 0 radical (unpaired) electrons. The third kappa shape index (κ3) is 8.17. The molecule has 1 N–H and O–H groups in total. The van der Waals surface area contributed by atoms with Gasteiger partial charge in [-0.25, -0.2) is 9.78 Å². The van der Waals surface area contributed by atoms with E-state index in [1.54, 1.807) is 12.1 Å². The van der Waals surface area contributed by atoms with Crippen LogP contribution >= 0.6 is 0 Å². The highest BCUT2D eigenvalue weighted by atomic mass is 16.5. The summed E-state index contributed by atoms with van der Waals surface area (Å²) in [5.41, 5.74) is 3.56. The topological polar surface area (TPSA) is 79.7 Å². The van der Waals surface area contributed by atoms with Crippen LogP contribution in [0.5, 0.6) is 0 Å². The average Bonchev–Trinajstić information content (AvgIpc) is 3.32. The second-order valence-corrected chi connectivity index (χ2v) is 13.4. The van der Waals surface area contributed by atoms with Crippen LogP contribution in [0.2, 0.25) is 0 Å². The van der Waals surface area contributed by atoms with Gasteiger partial charge in [0.1, 0.15) is 0 Å². The van der Waals surface area contributed by atoms with Gasteiger partial charge in [-0.3, -0.25) is 4.79 Å². The Morgan fingerprint density at radius 1 is 0.953 bits per heavy atom. The third-order valence-electron chi connectivity index (χ3n) is 8.33. The van der Waals surface area contributed by atoms with Gasteiger partial charge in [-0.05, 0) is 107 Å². The van der Waals surface area contributed by atoms with E-state index in [-0.39, 0.29) is 11.9 Å². The molecule has 1 aliphatic rings. The average molecular weight is 590 g/mol. The summed E-state index contributed by atoms with van der Waals surface area (Å²) in [5, 5.41) is 3.49. The summed E-state index contributed by atoms with van der Waals surface area (Å²) < 4.78 is 7.10. The van der Waals surface area contributed by atoms with Crippen molar-refractivity contribution in [1.29, 1.82) is 0 Å². The minimum absolute atomic E-state index is 0.162. The Kier molecular flexibility index (Phi) is 10.9. The zero-order valence-corrected chi connectivity index (χ0v) is 27.3. The molecule has 43 heavy (non-hydrogen) atoms. The number of nitrogens with one attached hydrogen (secondary N) is 1. The van der Waals surface area contributed by atoms with Gasteiger partial charge in [0.2, 0.25) is 11.9 Å². The highest BCUT2D eigenvalue weighted by Crippen LogP contribution is 2.32. The summed E-state index contributed by atoms with van der Waals surface area (Å²) in [4.78, 5) is 35.5. The lowest BCUT2D eigenvalue weighted by Gasteiger charge is -2.34. The first-order valence-electron chi connectivity index (χ1n) is 16.0. The number of hydrogen-bond acceptors (Lipinski definition) is 6. The number of piperidine rings is 1. The summed E-state index contributed by atoms with van der Waals surface area (Å²) in [5.74, 6) is 1.35. The van der Waals surface area contributed by atoms with Gasteiger partial charge in [0.25, 0.3) is 0 Å². The first-order valence-corrected chi connectivity index (χ1v) is 16.0. The molecule has 4 rings (SSSR count). The number of imidazole rings is 1. The molecule has 2 aromatic carbocycles. The van der Waals surface area contributed by atoms with E-state index in [0.717, 1.165) is 60.8 Å². The number of aromatic nitrogens is 2. The number of esters is 1. The Morgan fingerprint density at radius 3 is 2.21 bits per heavy atom. The molecular formula is C35H51N5O3. The molecule has 8 heteroatoms. The molecule has 0 unspecified atom stereocenters. The van der Waals surface area contributed by atoms with Gasteiger partial charge < -0.3 is 24.4 Å². The molecule has 1 amide bonds. The monoisotopic (exact) mass is 589 g/mol. The van der Waals surface area contributed by atoms with Gasteiger partial charge >= 0.3 is 5.97 Å². The van der Waals surface area contributed by atoms with Crippen LogP contribution in [0.3, 0.4) is 0 Å². The molecular weight excluding hydrogens is 538 g/mol. The number of likely N-dealkylation sites (tertiary alicyclic amines) is 1. The van der Waals surface area contributed by atoms with Crippen LogP contribution in [0.25, 0.3) is 11.0 Å². The number of methoxy groups -OCH3 is 1. The number of nitrogens with zero attached hydrogens (tertiary/aromatic N) is 4. The molecule has 1 aliphatic heterocycles. The fourth-order valence-electron chi connectivity index (χ4n) is 6.05. The normalized spacial score (nSPS) is 14.4. The zero-order valence-electron chi connectivity index (χ0n) is 27.3. The molecule has 8 nitrogen and oxygen atoms in total. The third-order valence-corrected chi connectivity index (χ3v) is 8.33. The standard InChI is InChI=1S/C35H51N5O3/c1-25(2)23-39(24-26(3)4)33(42)35(5,6)28-14-17-30-31(22-28)40(21-11-20-38-18-9-8-10-19-38)34(37-30)36-29-15-12-27(13-16-29)32(41)43-7/h12-17,22,25-26H,8-11,18-21,23-24H2,1-7H3,(H,36,37). The fourth-order valence-corrected chi connectivity index (χ4v) is 6.05. The van der Waals surface area contributed by atoms with E-state index in [2.05, 4.69) is 54.6 Å². The first-order chi connectivity index (χ1) is 20.5. The van der Waals surface area contributed by atoms with E-state index in [1.807, 2.05) is 36.9 Å². The van der Waals surface area contributed by atoms with Gasteiger partial charge in [-0.15, -0.1) is 0 Å². The zero-order chi connectivity index (χ0) is 31.1. The first kappa shape index (κ1) is 32.5. The fraction of sp³-hybridized carbons (Fsp3) is 0.571. The van der Waals surface area contributed by atoms with Gasteiger partial charge in [-0.1, -0.05) is 40.2 Å². The van der Waals surface area contributed by atoms with Crippen LogP contribution in [-0.4, -0.2) is 71.1 Å². The van der Waals surface area contributed by atoms with Crippen molar-refractivity contribution in [3.05, 3.63) is 53.6 Å². The number of ether oxygens (including phenoxy) is 1. The van der Waals surface area contributed by atoms with E-state index >= 15 is 0 Å². The predicted octanol–water partition coefficient (Wildman–Crippen LogP) is 6.86. The number of carbonyl (C=O) groups is 2. The maximum absolute atomic E-state index is 14.0. The molecule has 0 aliphatic carbocycles. The Morgan fingerprint density at radius 2 is 1.60 bits per heavy atom. The van der Waals surface area contributed by atoms with Crippen LogP contribution in [0, 0.1) is 11.8 Å². The number of aryl methyl sites for hydroxylation is 1. The molecule has 1 fully saturated rings. The van der Waals surface area contributed by atoms with Crippen molar-refractivity contribution < 1.29 is 14.3 Å². The Hall–Kier alpha value is -3.39. The maximum atomic E-state index is 14.0. The smallest absolute Gasteiger partial charge is 0.337 e. The van der Waals surface area contributed by atoms with Gasteiger partial charge in [0.05, 0.1) is 29.1 Å². The molecule has 3 aromatic rings. The lowest BCUT2D eigenvalue weighted by molar-refractivity contribution is -0.137. The molecule has 2 heterocycles. The van der Waals surface area contributed by atoms with E-state index in [4.69, 9.17) is 9.72 Å². The molecule has 0 saturated carbocycles. The van der Waals surface area contributed by atoms with Crippen molar-refractivity contribution in [3.63, 3.8) is 0 Å². The van der Waals surface area contributed by atoms with Crippen molar-refractivity contribution in [1.82, 2.24) is 19.4 Å². The minimum Gasteiger partial charge on any atom is -0.465 e. The highest BCUT2D eigenvalue weighted by Gasteiger charge is 2.35. The second kappa shape index (κ2) is 14.4. The van der Waals surface area contributed by atoms with Crippen molar-refractivity contribution in [2.24, 2.45) is 11.8 Å². The summed E-state index contributed by atoms with van der Waals surface area (Å²) in [7, 11) is 1.38. The minimum atomic E-state index is -0.682. The van der Waals surface area contributed by atoms with Crippen LogP contribution in [0.4, 0.5) is 11.6 Å². The van der Waals surface area contributed by atoms with Gasteiger partial charge in [-0.2, -0.15) is 0 Å². The number of benzene rings is 2. The quantitative estimate of drug-likeness (QED) is 0.220. The van der Waals surface area contributed by atoms with Crippen LogP contribution in [0.15, 0.2) is 42.5 Å². The van der Waals surface area contributed by atoms with Crippen LogP contribution < -0.4 is 5.32 Å². The van der Waals surface area contributed by atoms with Crippen LogP contribution in [-0.2, 0) is 21.5 Å². The molecule has 234 valence electrons. The van der Waals surface area contributed by atoms with E-state index < -0.39 is 5.41 Å². The van der Waals surface area contributed by atoms with Crippen molar-refractivity contribution in [2.75, 3.05) is 45.2 Å². The van der Waals surface area contributed by atoms with Crippen LogP contribution in [0.1, 0.15) is 83.1 Å². The molecule has 1 saturated heterocycles. The summed E-state index contributed by atoms with van der Waals surface area (Å²) >= 11 is 0. The SMILES string of the molecule is COC(=O)c1ccc(Nc2nc3ccc(C(C)(C)C(=O)N(CC(C)C)CC(C)C)cc3n2CCCN2CCCCC2)cc1. The van der Waals surface area contributed by atoms with Crippen molar-refractivity contribution >= 4 is 34.5 Å². The lowest BCUT2D eigenvalue weighted by atomic mass is 9.82. The number of rotatable bonds is 13. The number of fused-ring (bicyclic) bond motifs is 1. The van der Waals surface area contributed by atoms with Gasteiger partial charge in [0, 0.05) is 25.3 Å². The lowest BCUT2D eigenvalue weighted by Crippen LogP contribution is -2.46. The Bertz CT molecular complexity index is 1360. The Balaban J connectivity index is 1.66. The van der Waals surface area contributed by atoms with Crippen molar-refractivity contribution in [2.45, 2.75) is 79.2 Å². The number of amides is 1. The summed E-state index contributed by atoms with van der Waals surface area (Å²) in [6, 6.07) is 13.5. The maximum Gasteiger partial charge on any atom is 0.337 e. The molecule has 1 aromatic heterocycles. The van der Waals surface area contributed by atoms with Gasteiger partial charge in [0.15, 0.2) is 0 Å².